The minimum atomic E-state index is 0.206. The van der Waals surface area contributed by atoms with Crippen LogP contribution in [0.2, 0.25) is 0 Å². The molecule has 1 unspecified atom stereocenters. The van der Waals surface area contributed by atoms with Crippen molar-refractivity contribution < 1.29 is 5.11 Å². The number of piperidine rings is 1. The van der Waals surface area contributed by atoms with Crippen molar-refractivity contribution in [1.82, 2.24) is 24.8 Å². The molecule has 7 nitrogen and oxygen atoms in total. The lowest BCUT2D eigenvalue weighted by Crippen LogP contribution is -2.36. The van der Waals surface area contributed by atoms with Gasteiger partial charge in [-0.2, -0.15) is 0 Å². The summed E-state index contributed by atoms with van der Waals surface area (Å²) in [5, 5.41) is 12.2. The first-order valence-corrected chi connectivity index (χ1v) is 8.38. The first kappa shape index (κ1) is 16.7. The molecule has 1 aliphatic rings. The molecular weight excluding hydrogens is 304 g/mol. The smallest absolute Gasteiger partial charge is 0.228 e. The van der Waals surface area contributed by atoms with Crippen molar-refractivity contribution >= 4 is 11.8 Å². The van der Waals surface area contributed by atoms with Crippen LogP contribution in [-0.2, 0) is 0 Å². The van der Waals surface area contributed by atoms with Crippen molar-refractivity contribution in [3.8, 4) is 0 Å². The zero-order chi connectivity index (χ0) is 16.9. The number of hydrogen-bond donors (Lipinski definition) is 2. The number of aliphatic hydroxyl groups excluding tert-OH is 1. The van der Waals surface area contributed by atoms with Gasteiger partial charge in [0, 0.05) is 30.4 Å². The largest absolute Gasteiger partial charge is 0.395 e. The molecule has 7 heteroatoms. The molecule has 0 saturated carbocycles. The molecule has 0 aliphatic carbocycles. The van der Waals surface area contributed by atoms with Crippen LogP contribution in [0.5, 0.6) is 0 Å². The number of aliphatic hydroxyl groups is 1. The SMILES string of the molecule is Cc1cc(C)nc(Nc2cnc(C3CCCN(CCO)C3)cn2)n1. The van der Waals surface area contributed by atoms with Gasteiger partial charge < -0.3 is 15.3 Å². The number of aromatic nitrogens is 4. The molecule has 1 aliphatic heterocycles. The van der Waals surface area contributed by atoms with E-state index in [2.05, 4.69) is 30.2 Å². The number of nitrogens with zero attached hydrogens (tertiary/aromatic N) is 5. The molecule has 128 valence electrons. The summed E-state index contributed by atoms with van der Waals surface area (Å²) >= 11 is 0. The number of nitrogens with one attached hydrogen (secondary N) is 1. The molecule has 3 rings (SSSR count). The molecule has 3 heterocycles. The molecule has 2 aromatic heterocycles. The Kier molecular flexibility index (Phi) is 5.32. The highest BCUT2D eigenvalue weighted by Crippen LogP contribution is 2.25. The van der Waals surface area contributed by atoms with E-state index in [1.807, 2.05) is 26.1 Å². The van der Waals surface area contributed by atoms with E-state index in [1.165, 1.54) is 0 Å². The first-order chi connectivity index (χ1) is 11.6. The Hall–Kier alpha value is -2.12. The molecule has 0 bridgehead atoms. The first-order valence-electron chi connectivity index (χ1n) is 8.38. The van der Waals surface area contributed by atoms with E-state index in [-0.39, 0.29) is 6.61 Å². The van der Waals surface area contributed by atoms with Crippen LogP contribution in [0.25, 0.3) is 0 Å². The number of anilines is 2. The Morgan fingerprint density at radius 1 is 1.21 bits per heavy atom. The second kappa shape index (κ2) is 7.63. The van der Waals surface area contributed by atoms with Gasteiger partial charge in [0.1, 0.15) is 0 Å². The summed E-state index contributed by atoms with van der Waals surface area (Å²) in [4.78, 5) is 20.0. The molecular formula is C17H24N6O. The number of β-amino-alcohol motifs (C(OH)–C–C–N with tert-alkyl or cyclic N) is 1. The fourth-order valence-corrected chi connectivity index (χ4v) is 3.15. The van der Waals surface area contributed by atoms with Crippen LogP contribution in [0.15, 0.2) is 18.5 Å². The molecule has 0 radical (unpaired) electrons. The third-order valence-electron chi connectivity index (χ3n) is 4.23. The van der Waals surface area contributed by atoms with Crippen molar-refractivity contribution in [1.29, 1.82) is 0 Å². The van der Waals surface area contributed by atoms with E-state index < -0.39 is 0 Å². The van der Waals surface area contributed by atoms with Gasteiger partial charge in [0.05, 0.1) is 24.7 Å². The Bertz CT molecular complexity index is 653. The van der Waals surface area contributed by atoms with Crippen LogP contribution in [-0.4, -0.2) is 56.2 Å². The molecule has 1 fully saturated rings. The molecule has 0 aromatic carbocycles. The minimum Gasteiger partial charge on any atom is -0.395 e. The van der Waals surface area contributed by atoms with Crippen LogP contribution < -0.4 is 5.32 Å². The minimum absolute atomic E-state index is 0.206. The van der Waals surface area contributed by atoms with Gasteiger partial charge in [-0.25, -0.2) is 15.0 Å². The van der Waals surface area contributed by atoms with Crippen molar-refractivity contribution in [2.75, 3.05) is 31.6 Å². The van der Waals surface area contributed by atoms with Gasteiger partial charge in [-0.3, -0.25) is 4.98 Å². The predicted octanol–water partition coefficient (Wildman–Crippen LogP) is 1.80. The monoisotopic (exact) mass is 328 g/mol. The van der Waals surface area contributed by atoms with Gasteiger partial charge in [-0.05, 0) is 39.3 Å². The highest BCUT2D eigenvalue weighted by atomic mass is 16.3. The number of hydrogen-bond acceptors (Lipinski definition) is 7. The van der Waals surface area contributed by atoms with Crippen molar-refractivity contribution in [3.05, 3.63) is 35.5 Å². The summed E-state index contributed by atoms with van der Waals surface area (Å²) in [7, 11) is 0. The van der Waals surface area contributed by atoms with E-state index in [0.29, 0.717) is 17.7 Å². The van der Waals surface area contributed by atoms with E-state index in [0.717, 1.165) is 49.6 Å². The summed E-state index contributed by atoms with van der Waals surface area (Å²) in [5.74, 6) is 1.57. The van der Waals surface area contributed by atoms with Gasteiger partial charge in [-0.1, -0.05) is 0 Å². The molecule has 1 atom stereocenters. The number of rotatable bonds is 5. The lowest BCUT2D eigenvalue weighted by Gasteiger charge is -2.31. The summed E-state index contributed by atoms with van der Waals surface area (Å²) in [6.07, 6.45) is 5.81. The van der Waals surface area contributed by atoms with Crippen LogP contribution in [0.3, 0.4) is 0 Å². The normalized spacial score (nSPS) is 18.5. The fraction of sp³-hybridized carbons (Fsp3) is 0.529. The quantitative estimate of drug-likeness (QED) is 0.865. The average molecular weight is 328 g/mol. The molecule has 0 spiro atoms. The maximum absolute atomic E-state index is 9.10. The topological polar surface area (TPSA) is 87.1 Å². The van der Waals surface area contributed by atoms with Gasteiger partial charge in [0.2, 0.25) is 5.95 Å². The number of aryl methyl sites for hydroxylation is 2. The Morgan fingerprint density at radius 3 is 2.67 bits per heavy atom. The second-order valence-corrected chi connectivity index (χ2v) is 6.29. The average Bonchev–Trinajstić information content (AvgIpc) is 2.55. The summed E-state index contributed by atoms with van der Waals surface area (Å²) in [6.45, 7) is 6.80. The van der Waals surface area contributed by atoms with Crippen molar-refractivity contribution in [3.63, 3.8) is 0 Å². The standard InChI is InChI=1S/C17H24N6O/c1-12-8-13(2)21-17(20-12)22-16-10-18-15(9-19-16)14-4-3-5-23(11-14)6-7-24/h8-10,14,24H,3-7,11H2,1-2H3,(H,19,20,21,22). The molecule has 1 saturated heterocycles. The van der Waals surface area contributed by atoms with E-state index in [9.17, 15) is 0 Å². The van der Waals surface area contributed by atoms with Gasteiger partial charge in [0.15, 0.2) is 5.82 Å². The van der Waals surface area contributed by atoms with E-state index in [4.69, 9.17) is 5.11 Å². The van der Waals surface area contributed by atoms with Crippen molar-refractivity contribution in [2.45, 2.75) is 32.6 Å². The zero-order valence-corrected chi connectivity index (χ0v) is 14.2. The fourth-order valence-electron chi connectivity index (χ4n) is 3.15. The van der Waals surface area contributed by atoms with Crippen LogP contribution in [0, 0.1) is 13.8 Å². The lowest BCUT2D eigenvalue weighted by molar-refractivity contribution is 0.160. The van der Waals surface area contributed by atoms with Crippen LogP contribution in [0.4, 0.5) is 11.8 Å². The van der Waals surface area contributed by atoms with Gasteiger partial charge >= 0.3 is 0 Å². The predicted molar refractivity (Wildman–Crippen MR) is 92.3 cm³/mol. The molecule has 24 heavy (non-hydrogen) atoms. The summed E-state index contributed by atoms with van der Waals surface area (Å²) < 4.78 is 0. The zero-order valence-electron chi connectivity index (χ0n) is 14.2. The van der Waals surface area contributed by atoms with Gasteiger partial charge in [-0.15, -0.1) is 0 Å². The highest BCUT2D eigenvalue weighted by molar-refractivity contribution is 5.46. The molecule has 0 amide bonds. The van der Waals surface area contributed by atoms with Crippen molar-refractivity contribution in [2.24, 2.45) is 0 Å². The number of likely N-dealkylation sites (tertiary alicyclic amines) is 1. The maximum Gasteiger partial charge on any atom is 0.228 e. The summed E-state index contributed by atoms with van der Waals surface area (Å²) in [5.41, 5.74) is 2.84. The highest BCUT2D eigenvalue weighted by Gasteiger charge is 2.22. The second-order valence-electron chi connectivity index (χ2n) is 6.29. The van der Waals surface area contributed by atoms with Crippen LogP contribution >= 0.6 is 0 Å². The summed E-state index contributed by atoms with van der Waals surface area (Å²) in [6, 6.07) is 1.93. The Balaban J connectivity index is 1.66. The van der Waals surface area contributed by atoms with Gasteiger partial charge in [0.25, 0.3) is 0 Å². The third kappa shape index (κ3) is 4.24. The third-order valence-corrected chi connectivity index (χ3v) is 4.23. The Morgan fingerprint density at radius 2 is 2.00 bits per heavy atom. The molecule has 2 aromatic rings. The molecule has 2 N–H and O–H groups in total. The van der Waals surface area contributed by atoms with E-state index in [1.54, 1.807) is 6.20 Å². The lowest BCUT2D eigenvalue weighted by atomic mass is 9.95. The van der Waals surface area contributed by atoms with Crippen LogP contribution in [0.1, 0.15) is 35.8 Å². The van der Waals surface area contributed by atoms with E-state index >= 15 is 0 Å². The Labute approximate surface area is 142 Å². The maximum atomic E-state index is 9.10.